The zero-order chi connectivity index (χ0) is 76.6. The van der Waals surface area contributed by atoms with Crippen molar-refractivity contribution in [1.29, 1.82) is 0 Å². The van der Waals surface area contributed by atoms with Crippen LogP contribution in [0, 0.1) is 35.5 Å². The van der Waals surface area contributed by atoms with Crippen LogP contribution in [-0.4, -0.2) is 299 Å². The average Bonchev–Trinajstić information content (AvgIpc) is 1.24. The summed E-state index contributed by atoms with van der Waals surface area (Å²) >= 11 is 6.42. The molecule has 5 aliphatic heterocycles. The molecule has 13 atom stereocenters. The van der Waals surface area contributed by atoms with Gasteiger partial charge in [-0.05, 0) is 114 Å². The van der Waals surface area contributed by atoms with Crippen molar-refractivity contribution >= 4 is 82.5 Å². The van der Waals surface area contributed by atoms with Crippen molar-refractivity contribution in [2.75, 3.05) is 101 Å². The molecule has 0 aromatic carbocycles. The lowest BCUT2D eigenvalue weighted by Crippen LogP contribution is -2.65. The number of hydrogen-bond acceptors (Lipinski definition) is 14. The monoisotopic (exact) mass is 1490 g/mol. The molecule has 3 aliphatic carbocycles. The Kier molecular flexibility index (Phi) is 28.8. The number of fused-ring (bicyclic) bond motifs is 2. The maximum Gasteiger partial charge on any atom is 0.393 e. The predicted molar refractivity (Wildman–Crippen MR) is 382 cm³/mol. The number of likely N-dealkylation sites (N-methyl/N-ethyl adjacent to an activating group) is 6. The maximum absolute atomic E-state index is 15.6. The number of nitrogens with zero attached hydrogens (tertiary/aromatic N) is 10. The van der Waals surface area contributed by atoms with Gasteiger partial charge in [0.05, 0.1) is 38.1 Å². The number of nitrogens with one attached hydrogen (secondary N) is 3. The van der Waals surface area contributed by atoms with Crippen LogP contribution in [0.25, 0.3) is 0 Å². The molecule has 0 aromatic heterocycles. The van der Waals surface area contributed by atoms with Gasteiger partial charge in [0.1, 0.15) is 59.9 Å². The molecule has 0 bridgehead atoms. The van der Waals surface area contributed by atoms with Gasteiger partial charge in [0.25, 0.3) is 0 Å². The second-order valence-corrected chi connectivity index (χ2v) is 32.8. The van der Waals surface area contributed by atoms with Crippen LogP contribution in [0.2, 0.25) is 0 Å². The molecule has 104 heavy (non-hydrogen) atoms. The molecule has 12 amide bonds. The van der Waals surface area contributed by atoms with Crippen LogP contribution in [0.15, 0.2) is 0 Å². The fourth-order valence-electron chi connectivity index (χ4n) is 17.1. The fraction of sp³-hybridized carbons (Fsp3) is 0.838. The highest BCUT2D eigenvalue weighted by molar-refractivity contribution is 6.21. The minimum absolute atomic E-state index is 0.00287. The van der Waals surface area contributed by atoms with E-state index in [4.69, 9.17) is 16.3 Å². The minimum Gasteiger partial charge on any atom is -0.378 e. The number of carbonyl (C=O) groups is 12. The van der Waals surface area contributed by atoms with Crippen molar-refractivity contribution in [3.05, 3.63) is 0 Å². The molecular weight excluding hydrogens is 1370 g/mol. The summed E-state index contributed by atoms with van der Waals surface area (Å²) in [6.07, 6.45) is 2.19. The van der Waals surface area contributed by atoms with E-state index >= 15 is 38.4 Å². The summed E-state index contributed by atoms with van der Waals surface area (Å²) in [6.45, 7) is 14.7. The van der Waals surface area contributed by atoms with Crippen molar-refractivity contribution < 1.29 is 75.4 Å². The molecule has 586 valence electrons. The standard InChI is InChI=1S/C74H119ClF3N13O13/c1-14-46(6)61-70(101)83(9)47(7)65(96)91-32-28-55(91)68(99)85(11)57(39-48-21-16-15-17-22-48)67(98)82(8)41-59(92)79-53(27-25-49-24-26-51(52(75)38-49)74(76,77)78)66(97)90-31-20-23-54(90)64(95)81-73(29-18-19-30-73)72(103)87(13)62(45(4)5)71(102)86(12)58(40-60(93)84(10)56(37-44(2)3)63(94)80-61)69(100)89-35-33-88(34-36-89)50-42-104-43-50/h44-58,61-62H,14-43H2,1-13H3,(H,79,92)(H,80,94)(H,81,95)/t46-,47-,49?,51?,52?,53-,54-,55-,56-,57-,58-,61-,62-/m0/s1. The topological polar surface area (TPSA) is 283 Å². The van der Waals surface area contributed by atoms with Gasteiger partial charge in [0.2, 0.25) is 70.9 Å². The zero-order valence-electron chi connectivity index (χ0n) is 63.8. The Hall–Kier alpha value is -6.36. The van der Waals surface area contributed by atoms with E-state index in [1.807, 2.05) is 20.8 Å². The molecule has 8 fully saturated rings. The smallest absolute Gasteiger partial charge is 0.378 e. The van der Waals surface area contributed by atoms with E-state index in [-0.39, 0.29) is 121 Å². The first-order chi connectivity index (χ1) is 49.0. The largest absolute Gasteiger partial charge is 0.393 e. The van der Waals surface area contributed by atoms with Crippen molar-refractivity contribution in [2.24, 2.45) is 35.5 Å². The summed E-state index contributed by atoms with van der Waals surface area (Å²) < 4.78 is 47.6. The molecule has 3 saturated carbocycles. The molecule has 1 spiro atoms. The Morgan fingerprint density at radius 1 is 0.625 bits per heavy atom. The summed E-state index contributed by atoms with van der Waals surface area (Å²) in [5.74, 6) is -10.9. The average molecular weight is 1490 g/mol. The third-order valence-corrected chi connectivity index (χ3v) is 24.8. The van der Waals surface area contributed by atoms with Crippen molar-refractivity contribution in [2.45, 2.75) is 261 Å². The van der Waals surface area contributed by atoms with Crippen molar-refractivity contribution in [3.8, 4) is 0 Å². The Labute approximate surface area is 617 Å². The van der Waals surface area contributed by atoms with Crippen LogP contribution < -0.4 is 16.0 Å². The first-order valence-electron chi connectivity index (χ1n) is 38.4. The number of amides is 12. The fourth-order valence-corrected chi connectivity index (χ4v) is 17.6. The summed E-state index contributed by atoms with van der Waals surface area (Å²) in [5, 5.41) is 7.63. The molecular formula is C74H119ClF3N13O13. The number of halogens is 4. The van der Waals surface area contributed by atoms with Crippen LogP contribution in [0.3, 0.4) is 0 Å². The summed E-state index contributed by atoms with van der Waals surface area (Å²) in [5.41, 5.74) is -1.58. The lowest BCUT2D eigenvalue weighted by Gasteiger charge is -2.45. The van der Waals surface area contributed by atoms with Crippen LogP contribution in [-0.2, 0) is 62.3 Å². The van der Waals surface area contributed by atoms with Crippen LogP contribution in [0.5, 0.6) is 0 Å². The summed E-state index contributed by atoms with van der Waals surface area (Å²) in [6, 6.07) is -10.8. The van der Waals surface area contributed by atoms with Crippen LogP contribution in [0.4, 0.5) is 13.2 Å². The SMILES string of the molecule is CC[C@H](C)[C@@H]1NC(=O)[C@H](CC(C)C)N(C)C(=O)C[C@@H](C(=O)N2CCN(C3COC3)CC2)N(C)C(=O)[C@H](C(C)C)N(C)C(=O)C2(CCCC2)NC(=O)[C@@H]2CCCN2C(=O)[C@H](CCC2CCC(C(F)(F)F)C(Cl)C2)NC(=O)CN(C)C(=O)[C@H](CC2CCCCC2)N(C)C(=O)[C@@H]2CCN2C(=O)[C@H](C)N(C)C1=O. The zero-order valence-corrected chi connectivity index (χ0v) is 64.6. The van der Waals surface area contributed by atoms with E-state index in [0.717, 1.165) is 32.1 Å². The van der Waals surface area contributed by atoms with E-state index in [1.165, 1.54) is 88.4 Å². The number of rotatable bonds is 12. The molecule has 0 radical (unpaired) electrons. The van der Waals surface area contributed by atoms with Gasteiger partial charge in [-0.25, -0.2) is 0 Å². The first-order valence-corrected chi connectivity index (χ1v) is 38.9. The summed E-state index contributed by atoms with van der Waals surface area (Å²) in [4.78, 5) is 195. The van der Waals surface area contributed by atoms with Gasteiger partial charge in [-0.3, -0.25) is 62.4 Å². The van der Waals surface area contributed by atoms with Gasteiger partial charge in [-0.1, -0.05) is 92.9 Å². The maximum atomic E-state index is 15.6. The molecule has 30 heteroatoms. The number of hydrogen-bond donors (Lipinski definition) is 3. The summed E-state index contributed by atoms with van der Waals surface area (Å²) in [7, 11) is 8.67. The third-order valence-electron chi connectivity index (χ3n) is 24.4. The Morgan fingerprint density at radius 2 is 1.27 bits per heavy atom. The molecule has 3 N–H and O–H groups in total. The molecule has 5 saturated heterocycles. The van der Waals surface area contributed by atoms with Crippen molar-refractivity contribution in [1.82, 2.24) is 64.9 Å². The highest BCUT2D eigenvalue weighted by Gasteiger charge is 2.53. The second kappa shape index (κ2) is 36.0. The Balaban J connectivity index is 1.16. The highest BCUT2D eigenvalue weighted by Crippen LogP contribution is 2.44. The molecule has 8 aliphatic rings. The number of piperazine rings is 1. The second-order valence-electron chi connectivity index (χ2n) is 32.2. The van der Waals surface area contributed by atoms with Gasteiger partial charge < -0.3 is 64.8 Å². The molecule has 8 rings (SSSR count). The van der Waals surface area contributed by atoms with Crippen LogP contribution in [0.1, 0.15) is 183 Å². The van der Waals surface area contributed by atoms with E-state index in [2.05, 4.69) is 20.9 Å². The van der Waals surface area contributed by atoms with Gasteiger partial charge in [-0.15, -0.1) is 11.6 Å². The molecule has 0 aromatic rings. The van der Waals surface area contributed by atoms with Gasteiger partial charge in [0, 0.05) is 86.9 Å². The highest BCUT2D eigenvalue weighted by atomic mass is 35.5. The van der Waals surface area contributed by atoms with E-state index < -0.39 is 173 Å². The normalized spacial score (nSPS) is 31.3. The Morgan fingerprint density at radius 3 is 1.84 bits per heavy atom. The van der Waals surface area contributed by atoms with Gasteiger partial charge >= 0.3 is 6.18 Å². The number of alkyl halides is 4. The molecule has 3 unspecified atom stereocenters. The molecule has 5 heterocycles. The lowest BCUT2D eigenvalue weighted by molar-refractivity contribution is -0.182. The van der Waals surface area contributed by atoms with Crippen molar-refractivity contribution in [3.63, 3.8) is 0 Å². The third kappa shape index (κ3) is 19.3. The number of carbonyl (C=O) groups excluding carboxylic acids is 12. The lowest BCUT2D eigenvalue weighted by atomic mass is 9.78. The molecule has 26 nitrogen and oxygen atoms in total. The quantitative estimate of drug-likeness (QED) is 0.225. The van der Waals surface area contributed by atoms with Gasteiger partial charge in [0.15, 0.2) is 0 Å². The van der Waals surface area contributed by atoms with E-state index in [1.54, 1.807) is 25.7 Å². The predicted octanol–water partition coefficient (Wildman–Crippen LogP) is 4.62. The number of ether oxygens (including phenoxy) is 1. The minimum atomic E-state index is -4.51. The van der Waals surface area contributed by atoms with E-state index in [0.29, 0.717) is 52.0 Å². The van der Waals surface area contributed by atoms with Crippen LogP contribution >= 0.6 is 11.6 Å². The van der Waals surface area contributed by atoms with Gasteiger partial charge in [-0.2, -0.15) is 13.2 Å². The first kappa shape index (κ1) is 83.3. The van der Waals surface area contributed by atoms with E-state index in [9.17, 15) is 32.3 Å². The Bertz CT molecular complexity index is 3090.